The van der Waals surface area contributed by atoms with Gasteiger partial charge in [-0.05, 0) is 46.4 Å². The third-order valence-corrected chi connectivity index (χ3v) is 4.09. The van der Waals surface area contributed by atoms with E-state index in [0.29, 0.717) is 10.6 Å². The van der Waals surface area contributed by atoms with Crippen molar-refractivity contribution < 1.29 is 13.9 Å². The molecule has 0 spiro atoms. The van der Waals surface area contributed by atoms with Gasteiger partial charge in [0.15, 0.2) is 0 Å². The van der Waals surface area contributed by atoms with Crippen molar-refractivity contribution in [3.05, 3.63) is 67.8 Å². The number of benzene rings is 2. The van der Waals surface area contributed by atoms with Crippen LogP contribution >= 0.6 is 34.2 Å². The van der Waals surface area contributed by atoms with Crippen LogP contribution in [0.25, 0.3) is 0 Å². The van der Waals surface area contributed by atoms with E-state index in [2.05, 4.69) is 22.6 Å². The maximum atomic E-state index is 13.5. The Morgan fingerprint density at radius 1 is 1.11 bits per heavy atom. The minimum absolute atomic E-state index is 0.0219. The van der Waals surface area contributed by atoms with Crippen LogP contribution in [-0.2, 0) is 0 Å². The van der Waals surface area contributed by atoms with Gasteiger partial charge in [-0.3, -0.25) is 0 Å². The van der Waals surface area contributed by atoms with Crippen LogP contribution in [0.15, 0.2) is 36.4 Å². The van der Waals surface area contributed by atoms with Gasteiger partial charge >= 0.3 is 0 Å². The van der Waals surface area contributed by atoms with Gasteiger partial charge in [-0.25, -0.2) is 8.78 Å². The predicted molar refractivity (Wildman–Crippen MR) is 74.6 cm³/mol. The molecule has 0 saturated carbocycles. The molecule has 0 aromatic heterocycles. The second kappa shape index (κ2) is 5.50. The van der Waals surface area contributed by atoms with Gasteiger partial charge in [-0.1, -0.05) is 23.7 Å². The summed E-state index contributed by atoms with van der Waals surface area (Å²) in [4.78, 5) is 0. The summed E-state index contributed by atoms with van der Waals surface area (Å²) in [6, 6.07) is 8.02. The Balaban J connectivity index is 2.41. The molecule has 1 unspecified atom stereocenters. The number of halogens is 4. The number of rotatable bonds is 2. The van der Waals surface area contributed by atoms with Gasteiger partial charge in [0.2, 0.25) is 0 Å². The van der Waals surface area contributed by atoms with Crippen LogP contribution in [0.2, 0.25) is 5.02 Å². The van der Waals surface area contributed by atoms with E-state index < -0.39 is 17.7 Å². The van der Waals surface area contributed by atoms with E-state index in [1.807, 2.05) is 0 Å². The number of hydrogen-bond donors (Lipinski definition) is 1. The molecule has 0 aliphatic carbocycles. The molecule has 1 N–H and O–H groups in total. The Bertz CT molecular complexity index is 589. The fourth-order valence-corrected chi connectivity index (χ4v) is 2.11. The lowest BCUT2D eigenvalue weighted by molar-refractivity contribution is 0.214. The highest BCUT2D eigenvalue weighted by molar-refractivity contribution is 14.1. The van der Waals surface area contributed by atoms with E-state index in [0.717, 1.165) is 15.7 Å². The normalized spacial score (nSPS) is 12.5. The summed E-state index contributed by atoms with van der Waals surface area (Å²) in [7, 11) is 0. The van der Waals surface area contributed by atoms with Gasteiger partial charge in [0, 0.05) is 15.2 Å². The summed E-state index contributed by atoms with van der Waals surface area (Å²) < 4.78 is 27.2. The fourth-order valence-electron chi connectivity index (χ4n) is 1.59. The van der Waals surface area contributed by atoms with Crippen molar-refractivity contribution in [2.24, 2.45) is 0 Å². The Hall–Kier alpha value is -0.720. The van der Waals surface area contributed by atoms with Crippen molar-refractivity contribution in [2.45, 2.75) is 6.10 Å². The first-order chi connectivity index (χ1) is 8.49. The zero-order chi connectivity index (χ0) is 13.3. The molecule has 94 valence electrons. The Kier molecular flexibility index (Phi) is 4.19. The average Bonchev–Trinajstić information content (AvgIpc) is 2.32. The van der Waals surface area contributed by atoms with Crippen molar-refractivity contribution in [1.29, 1.82) is 0 Å². The third-order valence-electron chi connectivity index (χ3n) is 2.52. The molecule has 0 radical (unpaired) electrons. The van der Waals surface area contributed by atoms with Crippen LogP contribution in [0.4, 0.5) is 8.78 Å². The van der Waals surface area contributed by atoms with Crippen molar-refractivity contribution in [3.8, 4) is 0 Å². The lowest BCUT2D eigenvalue weighted by atomic mass is 10.0. The first kappa shape index (κ1) is 13.7. The molecule has 0 bridgehead atoms. The van der Waals surface area contributed by atoms with Crippen LogP contribution in [0.5, 0.6) is 0 Å². The molecule has 0 saturated heterocycles. The molecule has 0 fully saturated rings. The molecule has 0 aliphatic heterocycles. The lowest BCUT2D eigenvalue weighted by Crippen LogP contribution is -2.03. The van der Waals surface area contributed by atoms with Crippen molar-refractivity contribution >= 4 is 34.2 Å². The van der Waals surface area contributed by atoms with Crippen LogP contribution in [0, 0.1) is 15.2 Å². The molecule has 0 amide bonds. The molecular weight excluding hydrogens is 372 g/mol. The molecule has 18 heavy (non-hydrogen) atoms. The molecule has 2 aromatic carbocycles. The highest BCUT2D eigenvalue weighted by Gasteiger charge is 2.16. The Morgan fingerprint density at radius 3 is 2.44 bits per heavy atom. The van der Waals surface area contributed by atoms with Gasteiger partial charge < -0.3 is 5.11 Å². The first-order valence-corrected chi connectivity index (χ1v) is 6.52. The average molecular weight is 381 g/mol. The number of aliphatic hydroxyl groups is 1. The van der Waals surface area contributed by atoms with Crippen LogP contribution < -0.4 is 0 Å². The molecule has 0 heterocycles. The second-order valence-electron chi connectivity index (χ2n) is 3.74. The standard InChI is InChI=1S/C13H8ClF2IO/c14-10-5-7(1-4-12(10)17)13(18)9-3-2-8(15)6-11(9)16/h1-6,13,18H. The van der Waals surface area contributed by atoms with E-state index >= 15 is 0 Å². The number of hydrogen-bond acceptors (Lipinski definition) is 1. The van der Waals surface area contributed by atoms with Crippen LogP contribution in [0.3, 0.4) is 0 Å². The smallest absolute Gasteiger partial charge is 0.132 e. The monoisotopic (exact) mass is 380 g/mol. The maximum Gasteiger partial charge on any atom is 0.132 e. The summed E-state index contributed by atoms with van der Waals surface area (Å²) in [5.41, 5.74) is 0.486. The summed E-state index contributed by atoms with van der Waals surface area (Å²) in [6.45, 7) is 0. The summed E-state index contributed by atoms with van der Waals surface area (Å²) in [6.07, 6.45) is -1.17. The first-order valence-electron chi connectivity index (χ1n) is 5.07. The van der Waals surface area contributed by atoms with E-state index in [4.69, 9.17) is 11.6 Å². The van der Waals surface area contributed by atoms with Crippen LogP contribution in [0.1, 0.15) is 17.2 Å². The molecule has 2 rings (SSSR count). The Labute approximate surface area is 122 Å². The summed E-state index contributed by atoms with van der Waals surface area (Å²) in [5, 5.41) is 10.5. The molecule has 2 aromatic rings. The lowest BCUT2D eigenvalue weighted by Gasteiger charge is -2.13. The zero-order valence-corrected chi connectivity index (χ0v) is 11.9. The van der Waals surface area contributed by atoms with Gasteiger partial charge in [-0.2, -0.15) is 0 Å². The van der Waals surface area contributed by atoms with Crippen molar-refractivity contribution in [2.75, 3.05) is 0 Å². The van der Waals surface area contributed by atoms with Crippen LogP contribution in [-0.4, -0.2) is 5.11 Å². The minimum atomic E-state index is -1.17. The fraction of sp³-hybridized carbons (Fsp3) is 0.0769. The van der Waals surface area contributed by atoms with Crippen molar-refractivity contribution in [3.63, 3.8) is 0 Å². The van der Waals surface area contributed by atoms with E-state index in [-0.39, 0.29) is 5.56 Å². The quantitative estimate of drug-likeness (QED) is 0.770. The predicted octanol–water partition coefficient (Wildman–Crippen LogP) is 4.30. The van der Waals surface area contributed by atoms with Gasteiger partial charge in [0.1, 0.15) is 17.7 Å². The highest BCUT2D eigenvalue weighted by atomic mass is 127. The van der Waals surface area contributed by atoms with Gasteiger partial charge in [0.05, 0.1) is 5.02 Å². The third kappa shape index (κ3) is 2.81. The van der Waals surface area contributed by atoms with Crippen molar-refractivity contribution in [1.82, 2.24) is 0 Å². The molecule has 5 heteroatoms. The summed E-state index contributed by atoms with van der Waals surface area (Å²) in [5.74, 6) is -1.46. The highest BCUT2D eigenvalue weighted by Crippen LogP contribution is 2.28. The van der Waals surface area contributed by atoms with E-state index in [1.165, 1.54) is 6.07 Å². The number of aliphatic hydroxyl groups excluding tert-OH is 1. The van der Waals surface area contributed by atoms with Gasteiger partial charge in [-0.15, -0.1) is 0 Å². The molecule has 1 atom stereocenters. The molecule has 0 aliphatic rings. The molecule has 1 nitrogen and oxygen atoms in total. The Morgan fingerprint density at radius 2 is 1.83 bits per heavy atom. The van der Waals surface area contributed by atoms with Gasteiger partial charge in [0.25, 0.3) is 0 Å². The SMILES string of the molecule is OC(c1ccc(I)c(Cl)c1)c1ccc(F)cc1F. The topological polar surface area (TPSA) is 20.2 Å². The largest absolute Gasteiger partial charge is 0.384 e. The molecular formula is C13H8ClF2IO. The minimum Gasteiger partial charge on any atom is -0.384 e. The zero-order valence-electron chi connectivity index (χ0n) is 9.00. The summed E-state index contributed by atoms with van der Waals surface area (Å²) >= 11 is 7.99. The maximum absolute atomic E-state index is 13.5. The van der Waals surface area contributed by atoms with E-state index in [9.17, 15) is 13.9 Å². The second-order valence-corrected chi connectivity index (χ2v) is 5.31. The van der Waals surface area contributed by atoms with E-state index in [1.54, 1.807) is 18.2 Å².